The molecule has 0 aromatic heterocycles. The summed E-state index contributed by atoms with van der Waals surface area (Å²) in [4.78, 5) is 25.6. The molecule has 0 aliphatic rings. The van der Waals surface area contributed by atoms with Crippen molar-refractivity contribution < 1.29 is 9.59 Å². The highest BCUT2D eigenvalue weighted by Gasteiger charge is 2.20. The average molecular weight is 276 g/mol. The van der Waals surface area contributed by atoms with Crippen LogP contribution in [0.25, 0.3) is 0 Å². The molecule has 1 rings (SSSR count). The lowest BCUT2D eigenvalue weighted by atomic mass is 10.1. The number of benzene rings is 1. The minimum atomic E-state index is -0.518. The number of hydrogen-bond acceptors (Lipinski definition) is 2. The average Bonchev–Trinajstić information content (AvgIpc) is 2.45. The van der Waals surface area contributed by atoms with Crippen LogP contribution in [0.3, 0.4) is 0 Å². The molecule has 2 amide bonds. The van der Waals surface area contributed by atoms with Crippen molar-refractivity contribution in [2.45, 2.75) is 40.2 Å². The van der Waals surface area contributed by atoms with Gasteiger partial charge in [0.05, 0.1) is 0 Å². The van der Waals surface area contributed by atoms with Crippen molar-refractivity contribution in [1.29, 1.82) is 0 Å². The van der Waals surface area contributed by atoms with Crippen LogP contribution in [0.1, 0.15) is 37.8 Å². The number of carbonyl (C=O) groups excluding carboxylic acids is 2. The highest BCUT2D eigenvalue weighted by atomic mass is 16.2. The molecule has 0 heterocycles. The van der Waals surface area contributed by atoms with Crippen LogP contribution in [0.4, 0.5) is 0 Å². The summed E-state index contributed by atoms with van der Waals surface area (Å²) in [5.41, 5.74) is 2.14. The van der Waals surface area contributed by atoms with Crippen molar-refractivity contribution in [1.82, 2.24) is 10.2 Å². The Hall–Kier alpha value is -1.84. The lowest BCUT2D eigenvalue weighted by Crippen LogP contribution is -2.43. The molecule has 0 spiro atoms. The van der Waals surface area contributed by atoms with Gasteiger partial charge in [0.1, 0.15) is 0 Å². The van der Waals surface area contributed by atoms with E-state index in [4.69, 9.17) is 0 Å². The van der Waals surface area contributed by atoms with Crippen molar-refractivity contribution >= 4 is 11.8 Å². The summed E-state index contributed by atoms with van der Waals surface area (Å²) in [6.07, 6.45) is 1.72. The molecular formula is C16H24N2O2. The number of amides is 2. The summed E-state index contributed by atoms with van der Waals surface area (Å²) in [5.74, 6) is -0.947. The zero-order valence-electron chi connectivity index (χ0n) is 12.6. The maximum Gasteiger partial charge on any atom is 0.311 e. The first-order chi connectivity index (χ1) is 9.60. The Morgan fingerprint density at radius 3 is 2.25 bits per heavy atom. The number of nitrogens with zero attached hydrogens (tertiary/aromatic N) is 1. The molecule has 20 heavy (non-hydrogen) atoms. The number of carbonyl (C=O) groups is 2. The third kappa shape index (κ3) is 4.68. The highest BCUT2D eigenvalue weighted by Crippen LogP contribution is 2.06. The first kappa shape index (κ1) is 16.2. The molecule has 4 heteroatoms. The molecular weight excluding hydrogens is 252 g/mol. The molecule has 0 saturated heterocycles. The van der Waals surface area contributed by atoms with Gasteiger partial charge in [-0.05, 0) is 30.9 Å². The fraction of sp³-hybridized carbons (Fsp3) is 0.500. The lowest BCUT2D eigenvalue weighted by Gasteiger charge is -2.20. The van der Waals surface area contributed by atoms with Crippen LogP contribution >= 0.6 is 0 Å². The van der Waals surface area contributed by atoms with Crippen LogP contribution < -0.4 is 5.32 Å². The van der Waals surface area contributed by atoms with E-state index in [1.807, 2.05) is 45.0 Å². The second-order valence-corrected chi connectivity index (χ2v) is 4.90. The van der Waals surface area contributed by atoms with Crippen LogP contribution in [-0.2, 0) is 16.1 Å². The van der Waals surface area contributed by atoms with Crippen molar-refractivity contribution in [2.75, 3.05) is 13.1 Å². The van der Waals surface area contributed by atoms with Crippen molar-refractivity contribution in [3.63, 3.8) is 0 Å². The van der Waals surface area contributed by atoms with Crippen molar-refractivity contribution in [3.05, 3.63) is 35.4 Å². The van der Waals surface area contributed by atoms with Gasteiger partial charge < -0.3 is 10.2 Å². The summed E-state index contributed by atoms with van der Waals surface area (Å²) in [5, 5.41) is 2.71. The first-order valence-electron chi connectivity index (χ1n) is 7.21. The van der Waals surface area contributed by atoms with Gasteiger partial charge in [0.25, 0.3) is 0 Å². The Kier molecular flexibility index (Phi) is 6.77. The van der Waals surface area contributed by atoms with Gasteiger partial charge in [-0.3, -0.25) is 9.59 Å². The Balaban J connectivity index is 2.57. The summed E-state index contributed by atoms with van der Waals surface area (Å²) in [6, 6.07) is 7.83. The van der Waals surface area contributed by atoms with E-state index < -0.39 is 11.8 Å². The fourth-order valence-corrected chi connectivity index (χ4v) is 2.06. The topological polar surface area (TPSA) is 49.4 Å². The van der Waals surface area contributed by atoms with E-state index in [9.17, 15) is 9.59 Å². The SMILES string of the molecule is CCCN(CCC)C(=O)C(=O)NCc1ccccc1C. The highest BCUT2D eigenvalue weighted by molar-refractivity contribution is 6.34. The van der Waals surface area contributed by atoms with Gasteiger partial charge in [-0.15, -0.1) is 0 Å². The molecule has 0 aliphatic heterocycles. The molecule has 0 radical (unpaired) electrons. The summed E-state index contributed by atoms with van der Waals surface area (Å²) in [7, 11) is 0. The summed E-state index contributed by atoms with van der Waals surface area (Å²) in [6.45, 7) is 7.64. The zero-order chi connectivity index (χ0) is 15.0. The van der Waals surface area contributed by atoms with Crippen molar-refractivity contribution in [3.8, 4) is 0 Å². The summed E-state index contributed by atoms with van der Waals surface area (Å²) < 4.78 is 0. The minimum Gasteiger partial charge on any atom is -0.344 e. The van der Waals surface area contributed by atoms with Crippen LogP contribution in [-0.4, -0.2) is 29.8 Å². The van der Waals surface area contributed by atoms with Crippen LogP contribution in [0.15, 0.2) is 24.3 Å². The maximum absolute atomic E-state index is 12.0. The van der Waals surface area contributed by atoms with E-state index >= 15 is 0 Å². The summed E-state index contributed by atoms with van der Waals surface area (Å²) >= 11 is 0. The molecule has 1 aromatic rings. The Morgan fingerprint density at radius 2 is 1.70 bits per heavy atom. The van der Waals surface area contributed by atoms with Gasteiger partial charge >= 0.3 is 11.8 Å². The van der Waals surface area contributed by atoms with E-state index in [1.165, 1.54) is 0 Å². The van der Waals surface area contributed by atoms with Gasteiger partial charge in [-0.2, -0.15) is 0 Å². The maximum atomic E-state index is 12.0. The monoisotopic (exact) mass is 276 g/mol. The molecule has 1 N–H and O–H groups in total. The van der Waals surface area contributed by atoms with Gasteiger partial charge in [0, 0.05) is 19.6 Å². The third-order valence-electron chi connectivity index (χ3n) is 3.17. The van der Waals surface area contributed by atoms with Gasteiger partial charge in [-0.25, -0.2) is 0 Å². The standard InChI is InChI=1S/C16H24N2O2/c1-4-10-18(11-5-2)16(20)15(19)17-12-14-9-7-6-8-13(14)3/h6-9H,4-5,10-12H2,1-3H3,(H,17,19). The quantitative estimate of drug-likeness (QED) is 0.810. The smallest absolute Gasteiger partial charge is 0.311 e. The molecule has 0 bridgehead atoms. The van der Waals surface area contributed by atoms with Crippen molar-refractivity contribution in [2.24, 2.45) is 0 Å². The molecule has 110 valence electrons. The minimum absolute atomic E-state index is 0.392. The van der Waals surface area contributed by atoms with E-state index in [-0.39, 0.29) is 0 Å². The third-order valence-corrected chi connectivity index (χ3v) is 3.17. The van der Waals surface area contributed by atoms with Crippen LogP contribution in [0.5, 0.6) is 0 Å². The predicted molar refractivity (Wildman–Crippen MR) is 80.2 cm³/mol. The van der Waals surface area contributed by atoms with Gasteiger partial charge in [-0.1, -0.05) is 38.1 Å². The zero-order valence-corrected chi connectivity index (χ0v) is 12.6. The number of hydrogen-bond donors (Lipinski definition) is 1. The molecule has 0 atom stereocenters. The second kappa shape index (κ2) is 8.35. The number of aryl methyl sites for hydroxylation is 1. The molecule has 0 fully saturated rings. The molecule has 1 aromatic carbocycles. The number of nitrogens with one attached hydrogen (secondary N) is 1. The van der Waals surface area contributed by atoms with E-state index in [0.717, 1.165) is 24.0 Å². The van der Waals surface area contributed by atoms with Crippen LogP contribution in [0, 0.1) is 6.92 Å². The van der Waals surface area contributed by atoms with E-state index in [0.29, 0.717) is 19.6 Å². The second-order valence-electron chi connectivity index (χ2n) is 4.90. The van der Waals surface area contributed by atoms with E-state index in [1.54, 1.807) is 4.90 Å². The van der Waals surface area contributed by atoms with Gasteiger partial charge in [0.15, 0.2) is 0 Å². The normalized spacial score (nSPS) is 10.2. The molecule has 0 unspecified atom stereocenters. The largest absolute Gasteiger partial charge is 0.344 e. The Labute approximate surface area is 121 Å². The van der Waals surface area contributed by atoms with Crippen LogP contribution in [0.2, 0.25) is 0 Å². The number of rotatable bonds is 6. The fourth-order valence-electron chi connectivity index (χ4n) is 2.06. The first-order valence-corrected chi connectivity index (χ1v) is 7.21. The lowest BCUT2D eigenvalue weighted by molar-refractivity contribution is -0.146. The van der Waals surface area contributed by atoms with Gasteiger partial charge in [0.2, 0.25) is 0 Å². The Bertz CT molecular complexity index is 452. The molecule has 0 aliphatic carbocycles. The molecule has 0 saturated carbocycles. The Morgan fingerprint density at radius 1 is 1.10 bits per heavy atom. The predicted octanol–water partition coefficient (Wildman–Crippen LogP) is 2.26. The van der Waals surface area contributed by atoms with E-state index in [2.05, 4.69) is 5.32 Å². The molecule has 4 nitrogen and oxygen atoms in total.